The molecule has 2 amide bonds. The number of carbonyl (C=O) groups is 3. The van der Waals surface area contributed by atoms with Gasteiger partial charge < -0.3 is 23.8 Å². The zero-order valence-electron chi connectivity index (χ0n) is 24.3. The van der Waals surface area contributed by atoms with Crippen LogP contribution < -0.4 is 9.64 Å². The Hall–Kier alpha value is -4.11. The van der Waals surface area contributed by atoms with Crippen molar-refractivity contribution in [2.75, 3.05) is 38.1 Å². The van der Waals surface area contributed by atoms with Gasteiger partial charge in [0.05, 0.1) is 28.6 Å². The standard InChI is InChI=1S/C27H32ClN5O9S/c1-27(2,3)42-25(35)31-12-10-17(11-13-31)23(34)40-16-41-26(36)33(24-29-22-9-6-18(28)15-32(22)30-24)20-8-7-19(43(5,37)38)14-21(20)39-4/h6-9,14-15,17H,10-13,16H2,1-5H3. The highest BCUT2D eigenvalue weighted by Gasteiger charge is 2.32. The number of nitrogens with zero attached hydrogens (tertiary/aromatic N) is 5. The van der Waals surface area contributed by atoms with Crippen LogP contribution in [0.2, 0.25) is 5.02 Å². The number of halogens is 1. The number of esters is 1. The third-order valence-electron chi connectivity index (χ3n) is 6.35. The SMILES string of the molecule is COc1cc(S(C)(=O)=O)ccc1N(C(=O)OCOC(=O)C1CCN(C(=O)OC(C)(C)C)CC1)c1nc2ccc(Cl)cn2n1. The fraction of sp³-hybridized carbons (Fsp3) is 0.444. The number of benzene rings is 1. The molecule has 3 aromatic rings. The summed E-state index contributed by atoms with van der Waals surface area (Å²) in [7, 11) is -2.28. The van der Waals surface area contributed by atoms with Gasteiger partial charge in [-0.1, -0.05) is 11.6 Å². The third kappa shape index (κ3) is 7.84. The lowest BCUT2D eigenvalue weighted by molar-refractivity contribution is -0.158. The summed E-state index contributed by atoms with van der Waals surface area (Å²) in [5.41, 5.74) is -0.202. The second-order valence-corrected chi connectivity index (χ2v) is 13.2. The molecule has 1 saturated heterocycles. The first-order chi connectivity index (χ1) is 20.2. The summed E-state index contributed by atoms with van der Waals surface area (Å²) in [4.78, 5) is 45.2. The summed E-state index contributed by atoms with van der Waals surface area (Å²) >= 11 is 6.06. The monoisotopic (exact) mass is 637 g/mol. The van der Waals surface area contributed by atoms with Crippen LogP contribution in [0.1, 0.15) is 33.6 Å². The Balaban J connectivity index is 1.48. The van der Waals surface area contributed by atoms with Crippen LogP contribution in [-0.2, 0) is 28.8 Å². The number of anilines is 2. The molecule has 1 aliphatic rings. The molecule has 0 bridgehead atoms. The van der Waals surface area contributed by atoms with E-state index in [1.54, 1.807) is 32.9 Å². The Labute approximate surface area is 253 Å². The van der Waals surface area contributed by atoms with E-state index in [1.165, 1.54) is 40.9 Å². The summed E-state index contributed by atoms with van der Waals surface area (Å²) < 4.78 is 46.8. The molecular formula is C27H32ClN5O9S. The first-order valence-corrected chi connectivity index (χ1v) is 15.4. The quantitative estimate of drug-likeness (QED) is 0.270. The molecule has 0 unspecified atom stereocenters. The Morgan fingerprint density at radius 3 is 2.42 bits per heavy atom. The molecule has 3 heterocycles. The second kappa shape index (κ2) is 12.6. The minimum atomic E-state index is -3.59. The first-order valence-electron chi connectivity index (χ1n) is 13.2. The van der Waals surface area contributed by atoms with Gasteiger partial charge in [0, 0.05) is 31.6 Å². The average Bonchev–Trinajstić information content (AvgIpc) is 3.34. The van der Waals surface area contributed by atoms with Gasteiger partial charge >= 0.3 is 18.2 Å². The molecule has 0 saturated carbocycles. The zero-order chi connectivity index (χ0) is 31.5. The number of amides is 2. The third-order valence-corrected chi connectivity index (χ3v) is 7.68. The van der Waals surface area contributed by atoms with Gasteiger partial charge in [-0.15, -0.1) is 5.10 Å². The lowest BCUT2D eigenvalue weighted by Crippen LogP contribution is -2.43. The van der Waals surface area contributed by atoms with Crippen LogP contribution in [0.3, 0.4) is 0 Å². The van der Waals surface area contributed by atoms with Gasteiger partial charge in [0.1, 0.15) is 11.4 Å². The molecule has 2 aromatic heterocycles. The number of piperidine rings is 1. The highest BCUT2D eigenvalue weighted by Crippen LogP contribution is 2.35. The molecule has 0 atom stereocenters. The highest BCUT2D eigenvalue weighted by molar-refractivity contribution is 7.90. The van der Waals surface area contributed by atoms with Gasteiger partial charge in [0.25, 0.3) is 5.95 Å². The number of carbonyl (C=O) groups excluding carboxylic acids is 3. The summed E-state index contributed by atoms with van der Waals surface area (Å²) in [6.45, 7) is 5.24. The topological polar surface area (TPSA) is 159 Å². The molecular weight excluding hydrogens is 606 g/mol. The van der Waals surface area contributed by atoms with Crippen LogP contribution in [0.25, 0.3) is 5.65 Å². The van der Waals surface area contributed by atoms with Crippen LogP contribution in [0.15, 0.2) is 41.4 Å². The van der Waals surface area contributed by atoms with E-state index >= 15 is 0 Å². The molecule has 16 heteroatoms. The summed E-state index contributed by atoms with van der Waals surface area (Å²) in [6, 6.07) is 7.07. The first kappa shape index (κ1) is 31.8. The van der Waals surface area contributed by atoms with Gasteiger partial charge in [-0.2, -0.15) is 4.98 Å². The van der Waals surface area contributed by atoms with E-state index in [9.17, 15) is 22.8 Å². The van der Waals surface area contributed by atoms with Gasteiger partial charge in [0.2, 0.25) is 6.79 Å². The molecule has 1 aromatic carbocycles. The molecule has 1 aliphatic heterocycles. The number of sulfone groups is 1. The Morgan fingerprint density at radius 2 is 1.79 bits per heavy atom. The second-order valence-electron chi connectivity index (χ2n) is 10.7. The summed E-state index contributed by atoms with van der Waals surface area (Å²) in [5.74, 6) is -1.20. The number of likely N-dealkylation sites (tertiary alicyclic amines) is 1. The van der Waals surface area contributed by atoms with Crippen LogP contribution in [-0.4, -0.2) is 84.9 Å². The van der Waals surface area contributed by atoms with E-state index in [4.69, 9.17) is 30.5 Å². The number of aromatic nitrogens is 3. The van der Waals surface area contributed by atoms with Gasteiger partial charge in [-0.05, 0) is 57.9 Å². The van der Waals surface area contributed by atoms with Crippen molar-refractivity contribution in [1.82, 2.24) is 19.5 Å². The van der Waals surface area contributed by atoms with E-state index in [1.807, 2.05) is 0 Å². The molecule has 1 fully saturated rings. The Kier molecular flexibility index (Phi) is 9.35. The molecule has 0 N–H and O–H groups in total. The van der Waals surface area contributed by atoms with Crippen molar-refractivity contribution in [3.05, 3.63) is 41.6 Å². The van der Waals surface area contributed by atoms with Crippen molar-refractivity contribution in [3.8, 4) is 5.75 Å². The largest absolute Gasteiger partial charge is 0.495 e. The maximum atomic E-state index is 13.4. The van der Waals surface area contributed by atoms with E-state index in [2.05, 4.69) is 10.1 Å². The molecule has 0 radical (unpaired) electrons. The number of pyridine rings is 1. The predicted molar refractivity (Wildman–Crippen MR) is 154 cm³/mol. The van der Waals surface area contributed by atoms with Crippen LogP contribution in [0.5, 0.6) is 5.75 Å². The Bertz CT molecular complexity index is 1630. The summed E-state index contributed by atoms with van der Waals surface area (Å²) in [5, 5.41) is 4.67. The van der Waals surface area contributed by atoms with Crippen LogP contribution in [0.4, 0.5) is 21.2 Å². The number of methoxy groups -OCH3 is 1. The van der Waals surface area contributed by atoms with Gasteiger partial charge in [-0.3, -0.25) is 4.79 Å². The molecule has 232 valence electrons. The van der Waals surface area contributed by atoms with Crippen LogP contribution >= 0.6 is 11.6 Å². The number of rotatable bonds is 7. The van der Waals surface area contributed by atoms with Crippen molar-refractivity contribution in [2.45, 2.75) is 44.1 Å². The molecule has 14 nitrogen and oxygen atoms in total. The van der Waals surface area contributed by atoms with E-state index in [0.717, 1.165) is 11.2 Å². The normalized spacial score (nSPS) is 14.3. The lowest BCUT2D eigenvalue weighted by Gasteiger charge is -2.32. The predicted octanol–water partition coefficient (Wildman–Crippen LogP) is 4.22. The molecule has 43 heavy (non-hydrogen) atoms. The van der Waals surface area contributed by atoms with Crippen molar-refractivity contribution in [1.29, 1.82) is 0 Å². The molecule has 4 rings (SSSR count). The number of ether oxygens (including phenoxy) is 4. The molecule has 0 aliphatic carbocycles. The van der Waals surface area contributed by atoms with Crippen molar-refractivity contribution in [3.63, 3.8) is 0 Å². The fourth-order valence-electron chi connectivity index (χ4n) is 4.25. The van der Waals surface area contributed by atoms with Gasteiger partial charge in [0.15, 0.2) is 15.5 Å². The van der Waals surface area contributed by atoms with Crippen molar-refractivity contribution < 1.29 is 41.7 Å². The smallest absolute Gasteiger partial charge is 0.424 e. The number of fused-ring (bicyclic) bond motifs is 1. The zero-order valence-corrected chi connectivity index (χ0v) is 25.8. The minimum Gasteiger partial charge on any atom is -0.495 e. The van der Waals surface area contributed by atoms with E-state index in [-0.39, 0.29) is 22.3 Å². The van der Waals surface area contributed by atoms with E-state index in [0.29, 0.717) is 36.6 Å². The van der Waals surface area contributed by atoms with Crippen molar-refractivity contribution >= 4 is 56.9 Å². The number of hydrogen-bond acceptors (Lipinski definition) is 11. The van der Waals surface area contributed by atoms with E-state index < -0.39 is 46.3 Å². The Morgan fingerprint density at radius 1 is 1.09 bits per heavy atom. The maximum absolute atomic E-state index is 13.4. The van der Waals surface area contributed by atoms with Crippen molar-refractivity contribution in [2.24, 2.45) is 5.92 Å². The van der Waals surface area contributed by atoms with Crippen LogP contribution in [0, 0.1) is 5.92 Å². The molecule has 0 spiro atoms. The fourth-order valence-corrected chi connectivity index (χ4v) is 5.04. The number of hydrogen-bond donors (Lipinski definition) is 0. The van der Waals surface area contributed by atoms with Gasteiger partial charge in [-0.25, -0.2) is 27.4 Å². The summed E-state index contributed by atoms with van der Waals surface area (Å²) in [6.07, 6.45) is 1.76. The maximum Gasteiger partial charge on any atom is 0.424 e. The highest BCUT2D eigenvalue weighted by atomic mass is 35.5. The lowest BCUT2D eigenvalue weighted by atomic mass is 9.97. The minimum absolute atomic E-state index is 0.0190. The average molecular weight is 638 g/mol.